The van der Waals surface area contributed by atoms with Crippen LogP contribution in [-0.4, -0.2) is 24.9 Å². The number of ether oxygens (including phenoxy) is 3. The van der Waals surface area contributed by atoms with Crippen LogP contribution in [0.2, 0.25) is 0 Å². The Morgan fingerprint density at radius 3 is 2.76 bits per heavy atom. The van der Waals surface area contributed by atoms with Crippen molar-refractivity contribution >= 4 is 17.3 Å². The SMILES string of the molecule is COc1cccc([C@@H]2Nc3ccccc3C(=O)N2c2ccc3c(c2)OCO3)c1O. The first-order valence-corrected chi connectivity index (χ1v) is 9.12. The largest absolute Gasteiger partial charge is 0.504 e. The average Bonchev–Trinajstić information content (AvgIpc) is 3.22. The second kappa shape index (κ2) is 6.63. The van der Waals surface area contributed by atoms with E-state index in [0.717, 1.165) is 0 Å². The van der Waals surface area contributed by atoms with Crippen molar-refractivity contribution in [2.45, 2.75) is 6.17 Å². The molecule has 2 aliphatic heterocycles. The third-order valence-corrected chi connectivity index (χ3v) is 5.11. The first kappa shape index (κ1) is 17.2. The molecule has 1 atom stereocenters. The molecule has 0 saturated carbocycles. The molecular weight excluding hydrogens is 372 g/mol. The zero-order valence-corrected chi connectivity index (χ0v) is 15.6. The quantitative estimate of drug-likeness (QED) is 0.706. The van der Waals surface area contributed by atoms with Gasteiger partial charge in [-0.2, -0.15) is 0 Å². The number of carbonyl (C=O) groups excluding carboxylic acids is 1. The first-order valence-electron chi connectivity index (χ1n) is 9.12. The fourth-order valence-corrected chi connectivity index (χ4v) is 3.70. The van der Waals surface area contributed by atoms with E-state index >= 15 is 0 Å². The summed E-state index contributed by atoms with van der Waals surface area (Å²) in [5.41, 5.74) is 2.38. The van der Waals surface area contributed by atoms with Crippen molar-refractivity contribution in [2.24, 2.45) is 0 Å². The van der Waals surface area contributed by atoms with Gasteiger partial charge in [-0.3, -0.25) is 9.69 Å². The van der Waals surface area contributed by atoms with E-state index in [2.05, 4.69) is 5.32 Å². The van der Waals surface area contributed by atoms with E-state index in [-0.39, 0.29) is 18.4 Å². The Morgan fingerprint density at radius 1 is 1.07 bits per heavy atom. The Morgan fingerprint density at radius 2 is 1.90 bits per heavy atom. The van der Waals surface area contributed by atoms with E-state index in [0.29, 0.717) is 39.8 Å². The van der Waals surface area contributed by atoms with Crippen LogP contribution in [0.15, 0.2) is 60.7 Å². The van der Waals surface area contributed by atoms with Gasteiger partial charge in [-0.15, -0.1) is 0 Å². The van der Waals surface area contributed by atoms with Gasteiger partial charge in [-0.25, -0.2) is 0 Å². The molecule has 7 nitrogen and oxygen atoms in total. The maximum Gasteiger partial charge on any atom is 0.262 e. The highest BCUT2D eigenvalue weighted by Crippen LogP contribution is 2.44. The highest BCUT2D eigenvalue weighted by molar-refractivity contribution is 6.12. The molecule has 2 aliphatic rings. The molecule has 0 aliphatic carbocycles. The van der Waals surface area contributed by atoms with Gasteiger partial charge < -0.3 is 24.6 Å². The third-order valence-electron chi connectivity index (χ3n) is 5.11. The summed E-state index contributed by atoms with van der Waals surface area (Å²) in [5.74, 6) is 1.33. The summed E-state index contributed by atoms with van der Waals surface area (Å²) in [6, 6.07) is 17.8. The molecular formula is C22H18N2O5. The highest BCUT2D eigenvalue weighted by Gasteiger charge is 2.36. The fourth-order valence-electron chi connectivity index (χ4n) is 3.70. The van der Waals surface area contributed by atoms with E-state index in [1.54, 1.807) is 47.4 Å². The van der Waals surface area contributed by atoms with Crippen LogP contribution in [0.5, 0.6) is 23.0 Å². The molecule has 1 amide bonds. The Labute approximate surface area is 167 Å². The third kappa shape index (κ3) is 2.70. The zero-order chi connectivity index (χ0) is 20.0. The summed E-state index contributed by atoms with van der Waals surface area (Å²) in [5, 5.41) is 14.1. The maximum absolute atomic E-state index is 13.5. The van der Waals surface area contributed by atoms with Gasteiger partial charge in [-0.05, 0) is 30.3 Å². The molecule has 2 heterocycles. The minimum absolute atomic E-state index is 0.0228. The zero-order valence-electron chi connectivity index (χ0n) is 15.6. The van der Waals surface area contributed by atoms with Crippen LogP contribution in [0, 0.1) is 0 Å². The van der Waals surface area contributed by atoms with Gasteiger partial charge in [-0.1, -0.05) is 24.3 Å². The predicted octanol–water partition coefficient (Wildman–Crippen LogP) is 3.90. The Hall–Kier alpha value is -3.87. The Bertz CT molecular complexity index is 1110. The number of carbonyl (C=O) groups is 1. The van der Waals surface area contributed by atoms with Crippen LogP contribution < -0.4 is 24.4 Å². The smallest absolute Gasteiger partial charge is 0.262 e. The number of fused-ring (bicyclic) bond motifs is 2. The van der Waals surface area contributed by atoms with Crippen molar-refractivity contribution in [3.05, 3.63) is 71.8 Å². The molecule has 5 rings (SSSR count). The van der Waals surface area contributed by atoms with Crippen molar-refractivity contribution in [2.75, 3.05) is 24.1 Å². The van der Waals surface area contributed by atoms with E-state index in [1.807, 2.05) is 18.2 Å². The molecule has 0 unspecified atom stereocenters. The van der Waals surface area contributed by atoms with Crippen molar-refractivity contribution in [3.63, 3.8) is 0 Å². The number of rotatable bonds is 3. The van der Waals surface area contributed by atoms with Gasteiger partial charge in [0.2, 0.25) is 6.79 Å². The summed E-state index contributed by atoms with van der Waals surface area (Å²) in [7, 11) is 1.49. The normalized spacial score (nSPS) is 16.9. The van der Waals surface area contributed by atoms with Crippen molar-refractivity contribution < 1.29 is 24.1 Å². The van der Waals surface area contributed by atoms with E-state index < -0.39 is 6.17 Å². The maximum atomic E-state index is 13.5. The first-order chi connectivity index (χ1) is 14.2. The van der Waals surface area contributed by atoms with Gasteiger partial charge >= 0.3 is 0 Å². The summed E-state index contributed by atoms with van der Waals surface area (Å²) in [6.45, 7) is 0.147. The van der Waals surface area contributed by atoms with Crippen molar-refractivity contribution in [3.8, 4) is 23.0 Å². The number of phenolic OH excluding ortho intramolecular Hbond substituents is 1. The van der Waals surface area contributed by atoms with Crippen molar-refractivity contribution in [1.29, 1.82) is 0 Å². The van der Waals surface area contributed by atoms with Gasteiger partial charge in [0.15, 0.2) is 23.0 Å². The van der Waals surface area contributed by atoms with Crippen LogP contribution in [0.4, 0.5) is 11.4 Å². The van der Waals surface area contributed by atoms with Crippen LogP contribution in [0.1, 0.15) is 22.1 Å². The average molecular weight is 390 g/mol. The highest BCUT2D eigenvalue weighted by atomic mass is 16.7. The van der Waals surface area contributed by atoms with E-state index in [1.165, 1.54) is 7.11 Å². The lowest BCUT2D eigenvalue weighted by molar-refractivity contribution is 0.0974. The monoisotopic (exact) mass is 390 g/mol. The number of amides is 1. The molecule has 0 saturated heterocycles. The number of nitrogens with zero attached hydrogens (tertiary/aromatic N) is 1. The molecule has 2 N–H and O–H groups in total. The summed E-state index contributed by atoms with van der Waals surface area (Å²) in [6.07, 6.45) is -0.645. The number of anilines is 2. The molecule has 3 aromatic carbocycles. The standard InChI is InChI=1S/C22H18N2O5/c1-27-18-8-4-6-15(20(18)25)21-23-16-7-3-2-5-14(16)22(26)24(21)13-9-10-17-19(11-13)29-12-28-17/h2-11,21,23,25H,12H2,1H3/t21-/m1/s1. The van der Waals surface area contributed by atoms with Crippen LogP contribution in [-0.2, 0) is 0 Å². The van der Waals surface area contributed by atoms with Gasteiger partial charge in [0, 0.05) is 17.3 Å². The van der Waals surface area contributed by atoms with Gasteiger partial charge in [0.05, 0.1) is 18.4 Å². The fraction of sp³-hybridized carbons (Fsp3) is 0.136. The lowest BCUT2D eigenvalue weighted by Gasteiger charge is -2.38. The number of methoxy groups -OCH3 is 1. The summed E-state index contributed by atoms with van der Waals surface area (Å²) in [4.78, 5) is 15.1. The number of para-hydroxylation sites is 2. The van der Waals surface area contributed by atoms with Crippen LogP contribution in [0.3, 0.4) is 0 Å². The summed E-state index contributed by atoms with van der Waals surface area (Å²) < 4.78 is 16.1. The minimum atomic E-state index is -0.645. The molecule has 0 bridgehead atoms. The molecule has 0 fully saturated rings. The van der Waals surface area contributed by atoms with Gasteiger partial charge in [0.1, 0.15) is 6.17 Å². The number of phenols is 1. The molecule has 146 valence electrons. The van der Waals surface area contributed by atoms with E-state index in [4.69, 9.17) is 14.2 Å². The minimum Gasteiger partial charge on any atom is -0.504 e. The molecule has 0 aromatic heterocycles. The van der Waals surface area contributed by atoms with Gasteiger partial charge in [0.25, 0.3) is 5.91 Å². The number of aromatic hydroxyl groups is 1. The molecule has 7 heteroatoms. The topological polar surface area (TPSA) is 80.3 Å². The Kier molecular flexibility index (Phi) is 3.94. The lowest BCUT2D eigenvalue weighted by Crippen LogP contribution is -2.43. The van der Waals surface area contributed by atoms with Crippen molar-refractivity contribution in [1.82, 2.24) is 0 Å². The number of benzene rings is 3. The number of hydrogen-bond acceptors (Lipinski definition) is 6. The second-order valence-electron chi connectivity index (χ2n) is 6.70. The number of nitrogens with one attached hydrogen (secondary N) is 1. The summed E-state index contributed by atoms with van der Waals surface area (Å²) >= 11 is 0. The molecule has 29 heavy (non-hydrogen) atoms. The molecule has 0 radical (unpaired) electrons. The lowest BCUT2D eigenvalue weighted by atomic mass is 10.0. The number of hydrogen-bond donors (Lipinski definition) is 2. The molecule has 3 aromatic rings. The second-order valence-corrected chi connectivity index (χ2v) is 6.70. The predicted molar refractivity (Wildman–Crippen MR) is 107 cm³/mol. The van der Waals surface area contributed by atoms with Crippen LogP contribution >= 0.6 is 0 Å². The molecule has 0 spiro atoms. The van der Waals surface area contributed by atoms with Crippen LogP contribution in [0.25, 0.3) is 0 Å². The Balaban J connectivity index is 1.68. The van der Waals surface area contributed by atoms with E-state index in [9.17, 15) is 9.90 Å².